The first kappa shape index (κ1) is 29.2. The fraction of sp³-hybridized carbons (Fsp3) is 0.452. The molecule has 0 aliphatic carbocycles. The summed E-state index contributed by atoms with van der Waals surface area (Å²) in [5, 5.41) is 3.17. The lowest BCUT2D eigenvalue weighted by Gasteiger charge is -2.25. The molecule has 194 valence electrons. The van der Waals surface area contributed by atoms with Crippen LogP contribution < -0.4 is 5.32 Å². The summed E-state index contributed by atoms with van der Waals surface area (Å²) in [6, 6.07) is 12.6. The number of likely N-dealkylation sites (N-methyl/N-ethyl adjacent to an activating group) is 1. The van der Waals surface area contributed by atoms with E-state index in [1.54, 1.807) is 0 Å². The molecule has 0 aliphatic heterocycles. The molecule has 1 atom stereocenters. The van der Waals surface area contributed by atoms with Gasteiger partial charge in [-0.05, 0) is 80.8 Å². The number of carbonyl (C=O) groups excluding carboxylic acids is 1. The molecule has 2 rings (SSSR count). The molecule has 1 N–H and O–H groups in total. The van der Waals surface area contributed by atoms with E-state index in [2.05, 4.69) is 61.7 Å². The molecule has 0 bridgehead atoms. The zero-order valence-corrected chi connectivity index (χ0v) is 22.9. The van der Waals surface area contributed by atoms with Gasteiger partial charge in [0.25, 0.3) is 0 Å². The molecule has 0 saturated heterocycles. The lowest BCUT2D eigenvalue weighted by Crippen LogP contribution is -2.41. The largest absolute Gasteiger partial charge is 0.339 e. The minimum absolute atomic E-state index is 0.0601. The third-order valence-electron chi connectivity index (χ3n) is 6.85. The number of carbonyl (C=O) groups is 1. The number of hydrogen-bond acceptors (Lipinski definition) is 4. The second-order valence-electron chi connectivity index (χ2n) is 9.24. The lowest BCUT2D eigenvalue weighted by atomic mass is 9.96. The van der Waals surface area contributed by atoms with E-state index in [1.807, 2.05) is 44.0 Å². The summed E-state index contributed by atoms with van der Waals surface area (Å²) in [5.74, 6) is 0.123. The van der Waals surface area contributed by atoms with Gasteiger partial charge in [-0.1, -0.05) is 57.7 Å². The summed E-state index contributed by atoms with van der Waals surface area (Å²) in [6.45, 7) is 18.6. The molecule has 5 heteroatoms. The van der Waals surface area contributed by atoms with Crippen LogP contribution in [-0.2, 0) is 24.1 Å². The molecule has 0 fully saturated rings. The van der Waals surface area contributed by atoms with Crippen LogP contribution in [0.2, 0.25) is 0 Å². The number of amides is 1. The molecule has 2 aromatic carbocycles. The van der Waals surface area contributed by atoms with Crippen LogP contribution in [0.25, 0.3) is 6.08 Å². The standard InChI is InChI=1S/C31H44N4O/c1-8-25-13-11-12-14-28(25)16-15-23(4)31(36)35(19-17-32-6)20-18-34-24(5)29-21-26(9-2)27(10-3)22-30(29)33-7/h8,11-14,21-23,32H,1,7,9-10,15-20H2,2-6H3. The number of aryl methyl sites for hydroxylation is 3. The highest BCUT2D eigenvalue weighted by Crippen LogP contribution is 2.26. The van der Waals surface area contributed by atoms with Crippen LogP contribution in [-0.4, -0.2) is 56.5 Å². The van der Waals surface area contributed by atoms with Gasteiger partial charge in [-0.15, -0.1) is 0 Å². The van der Waals surface area contributed by atoms with Crippen LogP contribution in [0.4, 0.5) is 5.69 Å². The van der Waals surface area contributed by atoms with E-state index in [-0.39, 0.29) is 11.8 Å². The van der Waals surface area contributed by atoms with Crippen LogP contribution in [0.3, 0.4) is 0 Å². The predicted molar refractivity (Wildman–Crippen MR) is 156 cm³/mol. The van der Waals surface area contributed by atoms with Crippen LogP contribution in [0.15, 0.2) is 53.0 Å². The molecule has 0 radical (unpaired) electrons. The monoisotopic (exact) mass is 488 g/mol. The highest BCUT2D eigenvalue weighted by atomic mass is 16.2. The van der Waals surface area contributed by atoms with Crippen molar-refractivity contribution >= 4 is 30.1 Å². The van der Waals surface area contributed by atoms with Gasteiger partial charge in [-0.3, -0.25) is 14.8 Å². The quantitative estimate of drug-likeness (QED) is 0.317. The van der Waals surface area contributed by atoms with Crippen molar-refractivity contribution in [3.8, 4) is 0 Å². The molecule has 2 aromatic rings. The summed E-state index contributed by atoms with van der Waals surface area (Å²) >= 11 is 0. The first-order valence-corrected chi connectivity index (χ1v) is 13.2. The van der Waals surface area contributed by atoms with Gasteiger partial charge in [0.05, 0.1) is 12.2 Å². The van der Waals surface area contributed by atoms with E-state index in [4.69, 9.17) is 4.99 Å². The van der Waals surface area contributed by atoms with Crippen molar-refractivity contribution in [2.75, 3.05) is 33.2 Å². The predicted octanol–water partition coefficient (Wildman–Crippen LogP) is 5.91. The first-order valence-electron chi connectivity index (χ1n) is 13.2. The highest BCUT2D eigenvalue weighted by Gasteiger charge is 2.20. The molecular weight excluding hydrogens is 444 g/mol. The van der Waals surface area contributed by atoms with Crippen molar-refractivity contribution in [1.82, 2.24) is 10.2 Å². The van der Waals surface area contributed by atoms with Gasteiger partial charge in [-0.25, -0.2) is 0 Å². The molecule has 5 nitrogen and oxygen atoms in total. The second kappa shape index (κ2) is 15.1. The molecule has 0 aromatic heterocycles. The Bertz CT molecular complexity index is 1060. The van der Waals surface area contributed by atoms with Gasteiger partial charge in [0, 0.05) is 36.8 Å². The Morgan fingerprint density at radius 3 is 2.44 bits per heavy atom. The minimum Gasteiger partial charge on any atom is -0.339 e. The maximum Gasteiger partial charge on any atom is 0.225 e. The SMILES string of the molecule is C=Cc1ccccc1CCC(C)C(=O)N(CCN=C(C)c1cc(CC)c(CC)cc1N=C)CCNC. The number of benzene rings is 2. The zero-order chi connectivity index (χ0) is 26.5. The van der Waals surface area contributed by atoms with E-state index in [0.29, 0.717) is 19.6 Å². The number of nitrogens with one attached hydrogen (secondary N) is 1. The van der Waals surface area contributed by atoms with Gasteiger partial charge >= 0.3 is 0 Å². The fourth-order valence-corrected chi connectivity index (χ4v) is 4.53. The van der Waals surface area contributed by atoms with Gasteiger partial charge in [0.2, 0.25) is 5.91 Å². The number of rotatable bonds is 15. The van der Waals surface area contributed by atoms with Gasteiger partial charge in [0.15, 0.2) is 0 Å². The molecule has 36 heavy (non-hydrogen) atoms. The first-order chi connectivity index (χ1) is 17.4. The third-order valence-corrected chi connectivity index (χ3v) is 6.85. The molecule has 0 aliphatic rings. The van der Waals surface area contributed by atoms with Crippen molar-refractivity contribution in [1.29, 1.82) is 0 Å². The summed E-state index contributed by atoms with van der Waals surface area (Å²) in [6.07, 6.45) is 5.50. The van der Waals surface area contributed by atoms with Crippen LogP contribution in [0.5, 0.6) is 0 Å². The molecule has 0 saturated carbocycles. The number of hydrogen-bond donors (Lipinski definition) is 1. The minimum atomic E-state index is -0.0601. The zero-order valence-electron chi connectivity index (χ0n) is 22.9. The molecule has 1 unspecified atom stereocenters. The molecule has 1 amide bonds. The molecular formula is C31H44N4O. The summed E-state index contributed by atoms with van der Waals surface area (Å²) in [5.41, 5.74) is 7.85. The number of nitrogens with zero attached hydrogens (tertiary/aromatic N) is 3. The van der Waals surface area contributed by atoms with Crippen molar-refractivity contribution in [2.45, 2.75) is 53.4 Å². The Balaban J connectivity index is 2.10. The second-order valence-corrected chi connectivity index (χ2v) is 9.24. The maximum absolute atomic E-state index is 13.3. The van der Waals surface area contributed by atoms with Gasteiger partial charge in [-0.2, -0.15) is 0 Å². The van der Waals surface area contributed by atoms with Crippen LogP contribution in [0.1, 0.15) is 61.9 Å². The van der Waals surface area contributed by atoms with Crippen LogP contribution >= 0.6 is 0 Å². The fourth-order valence-electron chi connectivity index (χ4n) is 4.53. The van der Waals surface area contributed by atoms with E-state index in [9.17, 15) is 4.79 Å². The summed E-state index contributed by atoms with van der Waals surface area (Å²) in [4.78, 5) is 24.4. The van der Waals surface area contributed by atoms with Crippen molar-refractivity contribution in [3.05, 3.63) is 70.8 Å². The average molecular weight is 489 g/mol. The number of aliphatic imine (C=N–C) groups is 2. The van der Waals surface area contributed by atoms with E-state index >= 15 is 0 Å². The normalized spacial score (nSPS) is 12.3. The van der Waals surface area contributed by atoms with Crippen molar-refractivity contribution < 1.29 is 4.79 Å². The highest BCUT2D eigenvalue weighted by molar-refractivity contribution is 6.03. The van der Waals surface area contributed by atoms with Gasteiger partial charge < -0.3 is 10.2 Å². The molecule has 0 heterocycles. The summed E-state index contributed by atoms with van der Waals surface area (Å²) in [7, 11) is 1.91. The smallest absolute Gasteiger partial charge is 0.225 e. The Labute approximate surface area is 218 Å². The average Bonchev–Trinajstić information content (AvgIpc) is 2.92. The van der Waals surface area contributed by atoms with Crippen molar-refractivity contribution in [3.63, 3.8) is 0 Å². The van der Waals surface area contributed by atoms with E-state index in [0.717, 1.165) is 54.8 Å². The van der Waals surface area contributed by atoms with Crippen molar-refractivity contribution in [2.24, 2.45) is 15.9 Å². The Morgan fingerprint density at radius 1 is 1.11 bits per heavy atom. The Morgan fingerprint density at radius 2 is 1.81 bits per heavy atom. The lowest BCUT2D eigenvalue weighted by molar-refractivity contribution is -0.135. The molecule has 0 spiro atoms. The van der Waals surface area contributed by atoms with Crippen LogP contribution in [0, 0.1) is 5.92 Å². The third kappa shape index (κ3) is 7.99. The van der Waals surface area contributed by atoms with E-state index in [1.165, 1.54) is 16.7 Å². The topological polar surface area (TPSA) is 57.1 Å². The summed E-state index contributed by atoms with van der Waals surface area (Å²) < 4.78 is 0. The van der Waals surface area contributed by atoms with E-state index < -0.39 is 0 Å². The Kier molecular flexibility index (Phi) is 12.3. The maximum atomic E-state index is 13.3. The Hall–Kier alpha value is -3.05. The van der Waals surface area contributed by atoms with Gasteiger partial charge in [0.1, 0.15) is 0 Å².